The minimum atomic E-state index is -0.325. The molecule has 1 aromatic heterocycles. The number of carbonyl (C=O) groups is 1. The lowest BCUT2D eigenvalue weighted by Crippen LogP contribution is -2.30. The van der Waals surface area contributed by atoms with Crippen LogP contribution in [0.1, 0.15) is 17.5 Å². The number of hydrogen-bond acceptors (Lipinski definition) is 3. The number of nitrogens with zero attached hydrogens (tertiary/aromatic N) is 1. The third kappa shape index (κ3) is 2.29. The van der Waals surface area contributed by atoms with E-state index in [0.717, 1.165) is 24.0 Å². The standard InChI is InChI=1S/C16H16N2O/c17-15-7-6-14-11(9-16(15)19)3-1-5-13(14)12-4-2-8-18-10-12/h1-5,8,10,15H,6-7,9,17H2. The maximum atomic E-state index is 11.9. The van der Waals surface area contributed by atoms with Crippen LogP contribution in [0.15, 0.2) is 42.7 Å². The Hall–Kier alpha value is -2.00. The second kappa shape index (κ2) is 4.94. The Balaban J connectivity index is 2.10. The first kappa shape index (κ1) is 12.1. The van der Waals surface area contributed by atoms with Crippen LogP contribution in [0, 0.1) is 0 Å². The normalized spacial score (nSPS) is 18.8. The number of benzene rings is 1. The second-order valence-corrected chi connectivity index (χ2v) is 4.97. The number of rotatable bonds is 1. The molecule has 0 fully saturated rings. The molecule has 0 saturated heterocycles. The number of hydrogen-bond donors (Lipinski definition) is 1. The van der Waals surface area contributed by atoms with Gasteiger partial charge in [-0.2, -0.15) is 0 Å². The summed E-state index contributed by atoms with van der Waals surface area (Å²) in [5.41, 5.74) is 10.5. The van der Waals surface area contributed by atoms with E-state index in [-0.39, 0.29) is 11.8 Å². The largest absolute Gasteiger partial charge is 0.321 e. The Morgan fingerprint density at radius 2 is 2.11 bits per heavy atom. The summed E-state index contributed by atoms with van der Waals surface area (Å²) < 4.78 is 0. The summed E-state index contributed by atoms with van der Waals surface area (Å²) in [6, 6.07) is 9.79. The Morgan fingerprint density at radius 1 is 1.21 bits per heavy atom. The number of aromatic nitrogens is 1. The van der Waals surface area contributed by atoms with Crippen LogP contribution in [0.5, 0.6) is 0 Å². The number of fused-ring (bicyclic) bond motifs is 1. The van der Waals surface area contributed by atoms with Crippen molar-refractivity contribution in [2.45, 2.75) is 25.3 Å². The van der Waals surface area contributed by atoms with E-state index >= 15 is 0 Å². The van der Waals surface area contributed by atoms with E-state index in [4.69, 9.17) is 5.73 Å². The molecule has 1 aliphatic carbocycles. The van der Waals surface area contributed by atoms with Crippen LogP contribution in [0.2, 0.25) is 0 Å². The molecule has 3 rings (SSSR count). The highest BCUT2D eigenvalue weighted by Crippen LogP contribution is 2.29. The lowest BCUT2D eigenvalue weighted by molar-refractivity contribution is -0.119. The van der Waals surface area contributed by atoms with E-state index in [9.17, 15) is 4.79 Å². The van der Waals surface area contributed by atoms with Crippen LogP contribution in [0.4, 0.5) is 0 Å². The average molecular weight is 252 g/mol. The Kier molecular flexibility index (Phi) is 3.13. The summed E-state index contributed by atoms with van der Waals surface area (Å²) in [5, 5.41) is 0. The van der Waals surface area contributed by atoms with Gasteiger partial charge in [-0.25, -0.2) is 0 Å². The summed E-state index contributed by atoms with van der Waals surface area (Å²) in [4.78, 5) is 16.1. The van der Waals surface area contributed by atoms with Crippen molar-refractivity contribution in [3.63, 3.8) is 0 Å². The van der Waals surface area contributed by atoms with Crippen LogP contribution < -0.4 is 5.73 Å². The number of ketones is 1. The van der Waals surface area contributed by atoms with Crippen molar-refractivity contribution in [1.29, 1.82) is 0 Å². The highest BCUT2D eigenvalue weighted by molar-refractivity contribution is 5.87. The van der Waals surface area contributed by atoms with Gasteiger partial charge in [0.25, 0.3) is 0 Å². The molecule has 2 N–H and O–H groups in total. The smallest absolute Gasteiger partial charge is 0.153 e. The molecule has 0 saturated carbocycles. The van der Waals surface area contributed by atoms with Gasteiger partial charge in [-0.3, -0.25) is 9.78 Å². The van der Waals surface area contributed by atoms with Crippen molar-refractivity contribution in [2.75, 3.05) is 0 Å². The fourth-order valence-corrected chi connectivity index (χ4v) is 2.67. The summed E-state index contributed by atoms with van der Waals surface area (Å²) in [6.45, 7) is 0. The molecule has 3 heteroatoms. The molecule has 19 heavy (non-hydrogen) atoms. The third-order valence-electron chi connectivity index (χ3n) is 3.73. The Bertz CT molecular complexity index is 607. The van der Waals surface area contributed by atoms with Gasteiger partial charge in [-0.05, 0) is 35.6 Å². The van der Waals surface area contributed by atoms with Crippen molar-refractivity contribution >= 4 is 5.78 Å². The zero-order valence-electron chi connectivity index (χ0n) is 10.7. The maximum absolute atomic E-state index is 11.9. The molecular weight excluding hydrogens is 236 g/mol. The molecule has 1 unspecified atom stereocenters. The van der Waals surface area contributed by atoms with E-state index in [1.165, 1.54) is 11.1 Å². The van der Waals surface area contributed by atoms with E-state index in [1.54, 1.807) is 6.20 Å². The lowest BCUT2D eigenvalue weighted by Gasteiger charge is -2.11. The zero-order chi connectivity index (χ0) is 13.2. The SMILES string of the molecule is NC1CCc2c(cccc2-c2cccnc2)CC1=O. The molecule has 0 aliphatic heterocycles. The molecule has 0 spiro atoms. The van der Waals surface area contributed by atoms with Gasteiger partial charge in [-0.15, -0.1) is 0 Å². The van der Waals surface area contributed by atoms with Gasteiger partial charge >= 0.3 is 0 Å². The maximum Gasteiger partial charge on any atom is 0.153 e. The Labute approximate surface area is 112 Å². The van der Waals surface area contributed by atoms with Crippen molar-refractivity contribution in [1.82, 2.24) is 4.98 Å². The monoisotopic (exact) mass is 252 g/mol. The second-order valence-electron chi connectivity index (χ2n) is 4.97. The van der Waals surface area contributed by atoms with E-state index < -0.39 is 0 Å². The molecule has 0 radical (unpaired) electrons. The van der Waals surface area contributed by atoms with Gasteiger partial charge in [0.05, 0.1) is 6.04 Å². The molecule has 96 valence electrons. The van der Waals surface area contributed by atoms with Gasteiger partial charge < -0.3 is 5.73 Å². The van der Waals surface area contributed by atoms with E-state index in [2.05, 4.69) is 17.1 Å². The first-order valence-electron chi connectivity index (χ1n) is 6.55. The summed E-state index contributed by atoms with van der Waals surface area (Å²) in [7, 11) is 0. The first-order chi connectivity index (χ1) is 9.25. The van der Waals surface area contributed by atoms with Crippen LogP contribution in [-0.4, -0.2) is 16.8 Å². The van der Waals surface area contributed by atoms with Gasteiger partial charge in [0.15, 0.2) is 5.78 Å². The molecular formula is C16H16N2O. The van der Waals surface area contributed by atoms with Crippen LogP contribution in [-0.2, 0) is 17.6 Å². The Morgan fingerprint density at radius 3 is 2.89 bits per heavy atom. The average Bonchev–Trinajstić information content (AvgIpc) is 2.59. The van der Waals surface area contributed by atoms with Crippen LogP contribution >= 0.6 is 0 Å². The predicted octanol–water partition coefficient (Wildman–Crippen LogP) is 2.13. The third-order valence-corrected chi connectivity index (χ3v) is 3.73. The summed E-state index contributed by atoms with van der Waals surface area (Å²) in [6.07, 6.45) is 5.66. The molecule has 0 amide bonds. The quantitative estimate of drug-likeness (QED) is 0.791. The van der Waals surface area contributed by atoms with Crippen molar-refractivity contribution in [2.24, 2.45) is 5.73 Å². The summed E-state index contributed by atoms with van der Waals surface area (Å²) in [5.74, 6) is 0.141. The minimum Gasteiger partial charge on any atom is -0.321 e. The fourth-order valence-electron chi connectivity index (χ4n) is 2.67. The van der Waals surface area contributed by atoms with Crippen molar-refractivity contribution in [3.05, 3.63) is 53.9 Å². The van der Waals surface area contributed by atoms with Crippen molar-refractivity contribution < 1.29 is 4.79 Å². The zero-order valence-corrected chi connectivity index (χ0v) is 10.7. The van der Waals surface area contributed by atoms with Gasteiger partial charge in [0.2, 0.25) is 0 Å². The van der Waals surface area contributed by atoms with Crippen LogP contribution in [0.25, 0.3) is 11.1 Å². The topological polar surface area (TPSA) is 56.0 Å². The van der Waals surface area contributed by atoms with E-state index in [1.807, 2.05) is 24.4 Å². The number of Topliss-reactive ketones (excluding diaryl/α,β-unsaturated/α-hetero) is 1. The number of carbonyl (C=O) groups excluding carboxylic acids is 1. The van der Waals surface area contributed by atoms with E-state index in [0.29, 0.717) is 6.42 Å². The molecule has 1 heterocycles. The fraction of sp³-hybridized carbons (Fsp3) is 0.250. The van der Waals surface area contributed by atoms with Gasteiger partial charge in [-0.1, -0.05) is 24.3 Å². The molecule has 1 aliphatic rings. The highest BCUT2D eigenvalue weighted by Gasteiger charge is 2.22. The van der Waals surface area contributed by atoms with Crippen LogP contribution in [0.3, 0.4) is 0 Å². The van der Waals surface area contributed by atoms with Gasteiger partial charge in [0, 0.05) is 24.4 Å². The van der Waals surface area contributed by atoms with Crippen molar-refractivity contribution in [3.8, 4) is 11.1 Å². The molecule has 1 atom stereocenters. The minimum absolute atomic E-state index is 0.141. The summed E-state index contributed by atoms with van der Waals surface area (Å²) >= 11 is 0. The molecule has 3 nitrogen and oxygen atoms in total. The first-order valence-corrected chi connectivity index (χ1v) is 6.55. The molecule has 2 aromatic rings. The lowest BCUT2D eigenvalue weighted by atomic mass is 9.93. The number of pyridine rings is 1. The van der Waals surface area contributed by atoms with Gasteiger partial charge in [0.1, 0.15) is 0 Å². The predicted molar refractivity (Wildman–Crippen MR) is 74.7 cm³/mol. The number of nitrogens with two attached hydrogens (primary N) is 1. The highest BCUT2D eigenvalue weighted by atomic mass is 16.1. The molecule has 1 aromatic carbocycles. The molecule has 0 bridgehead atoms.